The highest BCUT2D eigenvalue weighted by Gasteiger charge is 2.27. The van der Waals surface area contributed by atoms with Gasteiger partial charge in [-0.15, -0.1) is 0 Å². The van der Waals surface area contributed by atoms with Crippen molar-refractivity contribution in [1.29, 1.82) is 0 Å². The largest absolute Gasteiger partial charge is 0.491 e. The van der Waals surface area contributed by atoms with E-state index in [1.807, 2.05) is 44.2 Å². The second-order valence-electron chi connectivity index (χ2n) is 5.54. The molecule has 0 radical (unpaired) electrons. The zero-order valence-electron chi connectivity index (χ0n) is 13.1. The molecule has 0 unspecified atom stereocenters. The van der Waals surface area contributed by atoms with Gasteiger partial charge in [0.05, 0.1) is 6.10 Å². The number of hydrogen-bond acceptors (Lipinski definition) is 4. The molecule has 1 aliphatic rings. The van der Waals surface area contributed by atoms with E-state index in [9.17, 15) is 4.79 Å². The summed E-state index contributed by atoms with van der Waals surface area (Å²) in [5.41, 5.74) is 0.688. The molecule has 5 heteroatoms. The van der Waals surface area contributed by atoms with Gasteiger partial charge in [0, 0.05) is 5.69 Å². The van der Waals surface area contributed by atoms with Gasteiger partial charge < -0.3 is 19.5 Å². The molecule has 0 fully saturated rings. The Hall–Kier alpha value is -2.69. The van der Waals surface area contributed by atoms with Gasteiger partial charge in [-0.3, -0.25) is 4.79 Å². The van der Waals surface area contributed by atoms with Crippen LogP contribution < -0.4 is 19.5 Å². The minimum atomic E-state index is -0.670. The van der Waals surface area contributed by atoms with Gasteiger partial charge in [-0.05, 0) is 50.2 Å². The standard InChI is InChI=1S/C18H19NO4/c1-12(2)22-14-9-7-13(8-10-14)19-18(20)17-11-21-15-5-3-4-6-16(15)23-17/h3-10,12,17H,11H2,1-2H3,(H,19,20)/t17-/m1/s1. The Labute approximate surface area is 135 Å². The van der Waals surface area contributed by atoms with Gasteiger partial charge in [-0.25, -0.2) is 0 Å². The number of para-hydroxylation sites is 2. The average Bonchev–Trinajstić information content (AvgIpc) is 2.55. The molecule has 1 aliphatic heterocycles. The Morgan fingerprint density at radius 1 is 1.13 bits per heavy atom. The summed E-state index contributed by atoms with van der Waals surface area (Å²) in [5, 5.41) is 2.82. The SMILES string of the molecule is CC(C)Oc1ccc(NC(=O)[C@H]2COc3ccccc3O2)cc1. The van der Waals surface area contributed by atoms with Gasteiger partial charge in [-0.2, -0.15) is 0 Å². The minimum Gasteiger partial charge on any atom is -0.491 e. The molecule has 1 heterocycles. The predicted molar refractivity (Wildman–Crippen MR) is 87.2 cm³/mol. The van der Waals surface area contributed by atoms with Crippen LogP contribution in [-0.2, 0) is 4.79 Å². The molecular formula is C18H19NO4. The van der Waals surface area contributed by atoms with Crippen molar-refractivity contribution in [2.45, 2.75) is 26.1 Å². The van der Waals surface area contributed by atoms with Crippen LogP contribution in [0.25, 0.3) is 0 Å². The second kappa shape index (κ2) is 6.60. The lowest BCUT2D eigenvalue weighted by molar-refractivity contribution is -0.125. The van der Waals surface area contributed by atoms with Crippen molar-refractivity contribution in [3.63, 3.8) is 0 Å². The van der Waals surface area contributed by atoms with Gasteiger partial charge >= 0.3 is 0 Å². The molecule has 120 valence electrons. The number of benzene rings is 2. The molecular weight excluding hydrogens is 294 g/mol. The third kappa shape index (κ3) is 3.74. The van der Waals surface area contributed by atoms with Crippen LogP contribution >= 0.6 is 0 Å². The van der Waals surface area contributed by atoms with Crippen LogP contribution in [0.1, 0.15) is 13.8 Å². The van der Waals surface area contributed by atoms with Crippen molar-refractivity contribution in [3.05, 3.63) is 48.5 Å². The van der Waals surface area contributed by atoms with Crippen LogP contribution in [0.5, 0.6) is 17.2 Å². The van der Waals surface area contributed by atoms with Crippen LogP contribution in [-0.4, -0.2) is 24.7 Å². The summed E-state index contributed by atoms with van der Waals surface area (Å²) in [6, 6.07) is 14.6. The van der Waals surface area contributed by atoms with E-state index in [4.69, 9.17) is 14.2 Å². The number of nitrogens with one attached hydrogen (secondary N) is 1. The summed E-state index contributed by atoms with van der Waals surface area (Å²) in [6.07, 6.45) is -0.556. The maximum atomic E-state index is 12.3. The van der Waals surface area contributed by atoms with Gasteiger partial charge in [-0.1, -0.05) is 12.1 Å². The molecule has 3 rings (SSSR count). The summed E-state index contributed by atoms with van der Waals surface area (Å²) in [4.78, 5) is 12.3. The average molecular weight is 313 g/mol. The molecule has 1 amide bonds. The highest BCUT2D eigenvalue weighted by Crippen LogP contribution is 2.31. The minimum absolute atomic E-state index is 0.114. The van der Waals surface area contributed by atoms with Crippen LogP contribution in [0.15, 0.2) is 48.5 Å². The van der Waals surface area contributed by atoms with Crippen molar-refractivity contribution in [1.82, 2.24) is 0 Å². The lowest BCUT2D eigenvalue weighted by Gasteiger charge is -2.25. The summed E-state index contributed by atoms with van der Waals surface area (Å²) in [7, 11) is 0. The molecule has 1 atom stereocenters. The monoisotopic (exact) mass is 313 g/mol. The summed E-state index contributed by atoms with van der Waals surface area (Å²) >= 11 is 0. The fourth-order valence-corrected chi connectivity index (χ4v) is 2.26. The third-order valence-electron chi connectivity index (χ3n) is 3.29. The second-order valence-corrected chi connectivity index (χ2v) is 5.54. The molecule has 0 saturated heterocycles. The summed E-state index contributed by atoms with van der Waals surface area (Å²) < 4.78 is 16.8. The predicted octanol–water partition coefficient (Wildman–Crippen LogP) is 3.25. The van der Waals surface area contributed by atoms with Crippen LogP contribution in [0.2, 0.25) is 0 Å². The zero-order valence-corrected chi connectivity index (χ0v) is 13.1. The van der Waals surface area contributed by atoms with Crippen LogP contribution in [0.3, 0.4) is 0 Å². The molecule has 0 saturated carbocycles. The fourth-order valence-electron chi connectivity index (χ4n) is 2.26. The van der Waals surface area contributed by atoms with Crippen molar-refractivity contribution < 1.29 is 19.0 Å². The Kier molecular flexibility index (Phi) is 4.37. The summed E-state index contributed by atoms with van der Waals surface area (Å²) in [6.45, 7) is 4.12. The van der Waals surface area contributed by atoms with E-state index in [-0.39, 0.29) is 18.6 Å². The molecule has 0 bridgehead atoms. The smallest absolute Gasteiger partial charge is 0.269 e. The van der Waals surface area contributed by atoms with E-state index < -0.39 is 6.10 Å². The first-order valence-corrected chi connectivity index (χ1v) is 7.58. The number of hydrogen-bond donors (Lipinski definition) is 1. The van der Waals surface area contributed by atoms with Gasteiger partial charge in [0.15, 0.2) is 11.5 Å². The molecule has 2 aromatic carbocycles. The van der Waals surface area contributed by atoms with Crippen LogP contribution in [0.4, 0.5) is 5.69 Å². The Morgan fingerprint density at radius 2 is 1.83 bits per heavy atom. The first-order chi connectivity index (χ1) is 11.1. The molecule has 5 nitrogen and oxygen atoms in total. The van der Waals surface area contributed by atoms with E-state index in [2.05, 4.69) is 5.32 Å². The van der Waals surface area contributed by atoms with Gasteiger partial charge in [0.25, 0.3) is 5.91 Å². The Morgan fingerprint density at radius 3 is 2.52 bits per heavy atom. The van der Waals surface area contributed by atoms with Crippen molar-refractivity contribution in [2.75, 3.05) is 11.9 Å². The van der Waals surface area contributed by atoms with Gasteiger partial charge in [0.2, 0.25) is 6.10 Å². The van der Waals surface area contributed by atoms with E-state index in [0.29, 0.717) is 17.2 Å². The van der Waals surface area contributed by atoms with Crippen molar-refractivity contribution in [2.24, 2.45) is 0 Å². The highest BCUT2D eigenvalue weighted by molar-refractivity contribution is 5.94. The van der Waals surface area contributed by atoms with Gasteiger partial charge in [0.1, 0.15) is 12.4 Å². The molecule has 2 aromatic rings. The highest BCUT2D eigenvalue weighted by atomic mass is 16.6. The number of carbonyl (C=O) groups excluding carboxylic acids is 1. The van der Waals surface area contributed by atoms with Crippen molar-refractivity contribution in [3.8, 4) is 17.2 Å². The number of anilines is 1. The molecule has 0 spiro atoms. The third-order valence-corrected chi connectivity index (χ3v) is 3.29. The lowest BCUT2D eigenvalue weighted by atomic mass is 10.2. The molecule has 1 N–H and O–H groups in total. The first kappa shape index (κ1) is 15.2. The van der Waals surface area contributed by atoms with E-state index in [1.165, 1.54) is 0 Å². The first-order valence-electron chi connectivity index (χ1n) is 7.58. The van der Waals surface area contributed by atoms with E-state index in [1.54, 1.807) is 18.2 Å². The number of carbonyl (C=O) groups is 1. The number of fused-ring (bicyclic) bond motifs is 1. The maximum Gasteiger partial charge on any atom is 0.269 e. The van der Waals surface area contributed by atoms with Crippen LogP contribution in [0, 0.1) is 0 Å². The fraction of sp³-hybridized carbons (Fsp3) is 0.278. The maximum absolute atomic E-state index is 12.3. The Bertz CT molecular complexity index is 682. The molecule has 23 heavy (non-hydrogen) atoms. The zero-order chi connectivity index (χ0) is 16.2. The van der Waals surface area contributed by atoms with Crippen molar-refractivity contribution >= 4 is 11.6 Å². The Balaban J connectivity index is 1.61. The molecule has 0 aliphatic carbocycles. The quantitative estimate of drug-likeness (QED) is 0.941. The normalized spacial score (nSPS) is 16.0. The van der Waals surface area contributed by atoms with E-state index in [0.717, 1.165) is 5.75 Å². The number of amides is 1. The number of rotatable bonds is 4. The number of ether oxygens (including phenoxy) is 3. The summed E-state index contributed by atoms with van der Waals surface area (Å²) in [5.74, 6) is 1.77. The topological polar surface area (TPSA) is 56.8 Å². The van der Waals surface area contributed by atoms with E-state index >= 15 is 0 Å². The lowest BCUT2D eigenvalue weighted by Crippen LogP contribution is -2.40. The molecule has 0 aromatic heterocycles.